The summed E-state index contributed by atoms with van der Waals surface area (Å²) in [6, 6.07) is 6.02. The van der Waals surface area contributed by atoms with Crippen LogP contribution < -0.4 is 16.0 Å². The van der Waals surface area contributed by atoms with E-state index >= 15 is 0 Å². The van der Waals surface area contributed by atoms with Crippen LogP contribution in [0, 0.1) is 19.7 Å². The van der Waals surface area contributed by atoms with Gasteiger partial charge in [-0.2, -0.15) is 23.3 Å². The van der Waals surface area contributed by atoms with E-state index in [1.165, 1.54) is 0 Å². The fraction of sp³-hybridized carbons (Fsp3) is 0.333. The van der Waals surface area contributed by atoms with E-state index < -0.39 is 29.3 Å². The van der Waals surface area contributed by atoms with Crippen LogP contribution in [0.3, 0.4) is 0 Å². The van der Waals surface area contributed by atoms with Crippen LogP contribution in [-0.2, 0) is 10.9 Å². The summed E-state index contributed by atoms with van der Waals surface area (Å²) in [5.74, 6) is -0.554. The van der Waals surface area contributed by atoms with Gasteiger partial charge in [0.2, 0.25) is 5.95 Å². The van der Waals surface area contributed by atoms with E-state index in [1.54, 1.807) is 12.1 Å². The standard InChI is InChI=1S/C27H28F4N8O2/c1-15-4-3-5-19(34-26(40)35-20-14-17(27(29,30)31)6-7-18(20)28)21(15)23-22-16(2)33-25(36-24(22)38-37-23)32-8-9-39-10-12-41-13-11-39/h3-7,14H,8-13H2,1-2H3,(H2,34,35,40)(H2,32,33,36,37,38). The molecule has 2 amide bonds. The number of halogens is 4. The van der Waals surface area contributed by atoms with Crippen molar-refractivity contribution in [1.82, 2.24) is 25.1 Å². The summed E-state index contributed by atoms with van der Waals surface area (Å²) < 4.78 is 58.8. The number of hydrogen-bond donors (Lipinski definition) is 4. The Labute approximate surface area is 232 Å². The van der Waals surface area contributed by atoms with Crippen molar-refractivity contribution in [2.75, 3.05) is 55.3 Å². The highest BCUT2D eigenvalue weighted by Crippen LogP contribution is 2.36. The summed E-state index contributed by atoms with van der Waals surface area (Å²) in [6.07, 6.45) is -4.69. The number of benzene rings is 2. The number of hydrogen-bond acceptors (Lipinski definition) is 7. The van der Waals surface area contributed by atoms with Gasteiger partial charge in [0.25, 0.3) is 0 Å². The van der Waals surface area contributed by atoms with Gasteiger partial charge in [-0.25, -0.2) is 14.2 Å². The van der Waals surface area contributed by atoms with Crippen LogP contribution in [0.4, 0.5) is 39.7 Å². The van der Waals surface area contributed by atoms with Crippen molar-refractivity contribution in [2.24, 2.45) is 0 Å². The summed E-state index contributed by atoms with van der Waals surface area (Å²) >= 11 is 0. The number of amides is 2. The van der Waals surface area contributed by atoms with Gasteiger partial charge in [0.05, 0.1) is 41.2 Å². The maximum Gasteiger partial charge on any atom is 0.416 e. The molecule has 4 N–H and O–H groups in total. The molecule has 3 heterocycles. The van der Waals surface area contributed by atoms with Crippen molar-refractivity contribution in [1.29, 1.82) is 0 Å². The molecule has 1 saturated heterocycles. The van der Waals surface area contributed by atoms with Crippen LogP contribution in [0.15, 0.2) is 36.4 Å². The Morgan fingerprint density at radius 1 is 1.07 bits per heavy atom. The maximum atomic E-state index is 14.2. The molecule has 2 aromatic heterocycles. The molecular formula is C27H28F4N8O2. The number of nitrogens with one attached hydrogen (secondary N) is 4. The summed E-state index contributed by atoms with van der Waals surface area (Å²) in [7, 11) is 0. The van der Waals surface area contributed by atoms with Gasteiger partial charge in [-0.15, -0.1) is 0 Å². The van der Waals surface area contributed by atoms with Crippen molar-refractivity contribution in [3.05, 3.63) is 59.0 Å². The molecule has 0 spiro atoms. The van der Waals surface area contributed by atoms with Gasteiger partial charge in [-0.05, 0) is 43.7 Å². The molecule has 2 aromatic carbocycles. The number of anilines is 3. The van der Waals surface area contributed by atoms with Crippen molar-refractivity contribution < 1.29 is 27.1 Å². The molecule has 0 atom stereocenters. The van der Waals surface area contributed by atoms with Gasteiger partial charge in [-0.3, -0.25) is 10.00 Å². The van der Waals surface area contributed by atoms with Gasteiger partial charge in [-0.1, -0.05) is 12.1 Å². The lowest BCUT2D eigenvalue weighted by Crippen LogP contribution is -2.39. The van der Waals surface area contributed by atoms with E-state index in [0.29, 0.717) is 64.4 Å². The number of nitrogens with zero attached hydrogens (tertiary/aromatic N) is 4. The van der Waals surface area contributed by atoms with Crippen molar-refractivity contribution in [3.63, 3.8) is 0 Å². The average Bonchev–Trinajstić information content (AvgIpc) is 3.34. The first-order valence-electron chi connectivity index (χ1n) is 12.9. The average molecular weight is 573 g/mol. The summed E-state index contributed by atoms with van der Waals surface area (Å²) in [6.45, 7) is 8.32. The van der Waals surface area contributed by atoms with Crippen molar-refractivity contribution >= 4 is 34.4 Å². The number of aryl methyl sites for hydroxylation is 2. The third-order valence-electron chi connectivity index (χ3n) is 6.71. The van der Waals surface area contributed by atoms with E-state index in [-0.39, 0.29) is 0 Å². The molecule has 0 bridgehead atoms. The normalized spacial score (nSPS) is 14.3. The Hall–Kier alpha value is -4.30. The first-order valence-corrected chi connectivity index (χ1v) is 12.9. The third-order valence-corrected chi connectivity index (χ3v) is 6.71. The van der Waals surface area contributed by atoms with E-state index in [0.717, 1.165) is 38.4 Å². The zero-order valence-corrected chi connectivity index (χ0v) is 22.3. The number of fused-ring (bicyclic) bond motifs is 1. The lowest BCUT2D eigenvalue weighted by molar-refractivity contribution is -0.137. The number of urea groups is 1. The van der Waals surface area contributed by atoms with E-state index in [9.17, 15) is 22.4 Å². The summed E-state index contributed by atoms with van der Waals surface area (Å²) in [5, 5.41) is 16.0. The number of aromatic amines is 1. The molecule has 1 aliphatic rings. The van der Waals surface area contributed by atoms with E-state index in [1.807, 2.05) is 19.9 Å². The molecule has 0 aliphatic carbocycles. The number of rotatable bonds is 7. The quantitative estimate of drug-likeness (QED) is 0.225. The van der Waals surface area contributed by atoms with Gasteiger partial charge in [0, 0.05) is 31.7 Å². The second-order valence-corrected chi connectivity index (χ2v) is 9.58. The number of alkyl halides is 3. The number of carbonyl (C=O) groups excluding carboxylic acids is 1. The highest BCUT2D eigenvalue weighted by atomic mass is 19.4. The fourth-order valence-corrected chi connectivity index (χ4v) is 4.67. The Kier molecular flexibility index (Phi) is 8.03. The minimum atomic E-state index is -4.69. The molecule has 0 radical (unpaired) electrons. The first kappa shape index (κ1) is 28.2. The number of H-pyrrole nitrogens is 1. The second-order valence-electron chi connectivity index (χ2n) is 9.58. The SMILES string of the molecule is Cc1cccc(NC(=O)Nc2cc(C(F)(F)F)ccc2F)c1-c1n[nH]c2nc(NCCN3CCOCC3)nc(C)c12. The monoisotopic (exact) mass is 572 g/mol. The number of morpholine rings is 1. The molecule has 10 nitrogen and oxygen atoms in total. The lowest BCUT2D eigenvalue weighted by Gasteiger charge is -2.26. The smallest absolute Gasteiger partial charge is 0.379 e. The largest absolute Gasteiger partial charge is 0.416 e. The predicted molar refractivity (Wildman–Crippen MR) is 146 cm³/mol. The molecule has 4 aromatic rings. The third kappa shape index (κ3) is 6.38. The molecule has 5 rings (SSSR count). The van der Waals surface area contributed by atoms with Crippen LogP contribution in [0.5, 0.6) is 0 Å². The second kappa shape index (κ2) is 11.7. The molecule has 216 valence electrons. The van der Waals surface area contributed by atoms with Crippen LogP contribution in [0.1, 0.15) is 16.8 Å². The van der Waals surface area contributed by atoms with Gasteiger partial charge >= 0.3 is 12.2 Å². The lowest BCUT2D eigenvalue weighted by atomic mass is 10.0. The summed E-state index contributed by atoms with van der Waals surface area (Å²) in [4.78, 5) is 24.2. The minimum absolute atomic E-state index is 0.315. The maximum absolute atomic E-state index is 14.2. The molecule has 0 saturated carbocycles. The number of carbonyl (C=O) groups is 1. The van der Waals surface area contributed by atoms with Crippen LogP contribution in [-0.4, -0.2) is 70.5 Å². The van der Waals surface area contributed by atoms with Gasteiger partial charge in [0.15, 0.2) is 5.65 Å². The first-order chi connectivity index (χ1) is 19.6. The van der Waals surface area contributed by atoms with Crippen LogP contribution >= 0.6 is 0 Å². The molecule has 41 heavy (non-hydrogen) atoms. The van der Waals surface area contributed by atoms with E-state index in [4.69, 9.17) is 4.74 Å². The highest BCUT2D eigenvalue weighted by Gasteiger charge is 2.31. The zero-order valence-electron chi connectivity index (χ0n) is 22.3. The Bertz CT molecular complexity index is 1570. The molecule has 14 heteroatoms. The molecule has 1 aliphatic heterocycles. The van der Waals surface area contributed by atoms with Crippen LogP contribution in [0.25, 0.3) is 22.3 Å². The van der Waals surface area contributed by atoms with Crippen LogP contribution in [0.2, 0.25) is 0 Å². The van der Waals surface area contributed by atoms with Gasteiger partial charge in [0.1, 0.15) is 11.5 Å². The molecule has 1 fully saturated rings. The van der Waals surface area contributed by atoms with Crippen molar-refractivity contribution in [3.8, 4) is 11.3 Å². The fourth-order valence-electron chi connectivity index (χ4n) is 4.67. The topological polar surface area (TPSA) is 120 Å². The van der Waals surface area contributed by atoms with Crippen molar-refractivity contribution in [2.45, 2.75) is 20.0 Å². The summed E-state index contributed by atoms with van der Waals surface area (Å²) in [5.41, 5.74) is 1.56. The zero-order chi connectivity index (χ0) is 29.1. The molecular weight excluding hydrogens is 544 g/mol. The van der Waals surface area contributed by atoms with Gasteiger partial charge < -0.3 is 20.7 Å². The Balaban J connectivity index is 1.37. The highest BCUT2D eigenvalue weighted by molar-refractivity contribution is 6.05. The predicted octanol–water partition coefficient (Wildman–Crippen LogP) is 5.18. The Morgan fingerprint density at radius 2 is 1.83 bits per heavy atom. The Morgan fingerprint density at radius 3 is 2.59 bits per heavy atom. The minimum Gasteiger partial charge on any atom is -0.379 e. The number of ether oxygens (including phenoxy) is 1. The number of aromatic nitrogens is 4. The van der Waals surface area contributed by atoms with E-state index in [2.05, 4.69) is 41.0 Å². The molecule has 0 unspecified atom stereocenters.